The molecule has 5 heteroatoms. The Kier molecular flexibility index (Phi) is 4.69. The van der Waals surface area contributed by atoms with E-state index in [2.05, 4.69) is 6.92 Å². The second-order valence-corrected chi connectivity index (χ2v) is 4.63. The first-order chi connectivity index (χ1) is 8.42. The van der Waals surface area contributed by atoms with Crippen LogP contribution in [0.3, 0.4) is 0 Å². The molecule has 0 heterocycles. The van der Waals surface area contributed by atoms with Crippen molar-refractivity contribution in [3.63, 3.8) is 0 Å². The number of nitrogens with zero attached hydrogens (tertiary/aromatic N) is 1. The number of ether oxygens (including phenoxy) is 1. The third-order valence-corrected chi connectivity index (χ3v) is 3.04. The van der Waals surface area contributed by atoms with Crippen molar-refractivity contribution >= 4 is 11.7 Å². The number of carbonyl (C=O) groups excluding carboxylic acids is 1. The zero-order valence-electron chi connectivity index (χ0n) is 11.1. The molecule has 0 saturated heterocycles. The summed E-state index contributed by atoms with van der Waals surface area (Å²) in [5.74, 6) is -0.611. The van der Waals surface area contributed by atoms with Crippen LogP contribution in [0.5, 0.6) is 5.75 Å². The van der Waals surface area contributed by atoms with Crippen molar-refractivity contribution in [1.29, 1.82) is 0 Å². The fraction of sp³-hybridized carbons (Fsp3) is 0.462. The number of quaternary nitrogens is 1. The monoisotopic (exact) mass is 253 g/mol. The summed E-state index contributed by atoms with van der Waals surface area (Å²) < 4.78 is 5.51. The lowest BCUT2D eigenvalue weighted by Crippen LogP contribution is -2.39. The van der Waals surface area contributed by atoms with E-state index in [0.717, 1.165) is 12.2 Å². The maximum Gasteiger partial charge on any atom is 0.341 e. The average Bonchev–Trinajstić information content (AvgIpc) is 2.35. The number of phenolic OH excluding ortho intramolecular Hbond substituents is 1. The molecule has 0 amide bonds. The predicted octanol–water partition coefficient (Wildman–Crippen LogP) is 1.09. The van der Waals surface area contributed by atoms with Crippen molar-refractivity contribution in [3.8, 4) is 5.75 Å². The number of aromatic hydroxyl groups is 1. The van der Waals surface area contributed by atoms with Gasteiger partial charge in [0.2, 0.25) is 0 Å². The molecule has 5 nitrogen and oxygen atoms in total. The molecule has 0 fully saturated rings. The lowest BCUT2D eigenvalue weighted by atomic mass is 10.1. The highest BCUT2D eigenvalue weighted by molar-refractivity contribution is 5.93. The van der Waals surface area contributed by atoms with Crippen LogP contribution in [0.25, 0.3) is 0 Å². The Labute approximate surface area is 107 Å². The SMILES string of the molecule is CC[N+](C)(C)c1ccc(C(=O)OCCN)c(O)c1. The first-order valence-corrected chi connectivity index (χ1v) is 5.96. The van der Waals surface area contributed by atoms with Gasteiger partial charge in [0.05, 0.1) is 20.6 Å². The summed E-state index contributed by atoms with van der Waals surface area (Å²) in [5.41, 5.74) is 6.36. The van der Waals surface area contributed by atoms with Gasteiger partial charge < -0.3 is 15.6 Å². The lowest BCUT2D eigenvalue weighted by molar-refractivity contribution is 0.0513. The van der Waals surface area contributed by atoms with Crippen LogP contribution in [0.15, 0.2) is 18.2 Å². The van der Waals surface area contributed by atoms with Gasteiger partial charge in [-0.1, -0.05) is 0 Å². The molecule has 1 aromatic rings. The molecule has 0 aliphatic carbocycles. The molecule has 1 aromatic carbocycles. The molecule has 0 unspecified atom stereocenters. The second-order valence-electron chi connectivity index (χ2n) is 4.63. The summed E-state index contributed by atoms with van der Waals surface area (Å²) in [6.07, 6.45) is 0. The van der Waals surface area contributed by atoms with Gasteiger partial charge in [-0.15, -0.1) is 0 Å². The average molecular weight is 253 g/mol. The van der Waals surface area contributed by atoms with Gasteiger partial charge in [0.1, 0.15) is 23.6 Å². The van der Waals surface area contributed by atoms with E-state index in [-0.39, 0.29) is 24.5 Å². The summed E-state index contributed by atoms with van der Waals surface area (Å²) in [4.78, 5) is 11.6. The molecule has 1 rings (SSSR count). The van der Waals surface area contributed by atoms with E-state index in [1.165, 1.54) is 0 Å². The van der Waals surface area contributed by atoms with E-state index in [9.17, 15) is 9.90 Å². The Morgan fingerprint density at radius 3 is 2.61 bits per heavy atom. The van der Waals surface area contributed by atoms with Crippen LogP contribution in [0.2, 0.25) is 0 Å². The molecule has 0 spiro atoms. The first kappa shape index (κ1) is 14.5. The lowest BCUT2D eigenvalue weighted by Gasteiger charge is -2.27. The summed E-state index contributed by atoms with van der Waals surface area (Å²) in [6.45, 7) is 3.36. The highest BCUT2D eigenvalue weighted by atomic mass is 16.5. The van der Waals surface area contributed by atoms with Crippen molar-refractivity contribution in [2.24, 2.45) is 5.73 Å². The Bertz CT molecular complexity index is 430. The molecule has 0 atom stereocenters. The number of hydrogen-bond donors (Lipinski definition) is 2. The Morgan fingerprint density at radius 1 is 1.44 bits per heavy atom. The fourth-order valence-electron chi connectivity index (χ4n) is 1.48. The van der Waals surface area contributed by atoms with Gasteiger partial charge >= 0.3 is 5.97 Å². The quantitative estimate of drug-likeness (QED) is 0.608. The number of phenols is 1. The van der Waals surface area contributed by atoms with E-state index in [4.69, 9.17) is 10.5 Å². The minimum Gasteiger partial charge on any atom is -0.507 e. The molecule has 0 saturated carbocycles. The highest BCUT2D eigenvalue weighted by Gasteiger charge is 2.20. The predicted molar refractivity (Wildman–Crippen MR) is 71.6 cm³/mol. The topological polar surface area (TPSA) is 72.5 Å². The summed E-state index contributed by atoms with van der Waals surface area (Å²) in [7, 11) is 4.06. The summed E-state index contributed by atoms with van der Waals surface area (Å²) in [5, 5.41) is 9.88. The van der Waals surface area contributed by atoms with Crippen LogP contribution in [-0.4, -0.2) is 44.9 Å². The van der Waals surface area contributed by atoms with Crippen molar-refractivity contribution in [2.45, 2.75) is 6.92 Å². The maximum absolute atomic E-state index is 11.6. The Morgan fingerprint density at radius 2 is 2.11 bits per heavy atom. The fourth-order valence-corrected chi connectivity index (χ4v) is 1.48. The molecule has 0 radical (unpaired) electrons. The molecule has 3 N–H and O–H groups in total. The number of benzene rings is 1. The van der Waals surface area contributed by atoms with Crippen LogP contribution in [0.4, 0.5) is 5.69 Å². The van der Waals surface area contributed by atoms with Crippen molar-refractivity contribution in [3.05, 3.63) is 23.8 Å². The molecule has 18 heavy (non-hydrogen) atoms. The van der Waals surface area contributed by atoms with Crippen molar-refractivity contribution in [2.75, 3.05) is 33.8 Å². The van der Waals surface area contributed by atoms with Gasteiger partial charge in [0, 0.05) is 18.7 Å². The zero-order chi connectivity index (χ0) is 13.8. The minimum atomic E-state index is -0.550. The molecule has 0 bridgehead atoms. The van der Waals surface area contributed by atoms with E-state index < -0.39 is 5.97 Å². The number of esters is 1. The van der Waals surface area contributed by atoms with E-state index in [1.807, 2.05) is 20.2 Å². The van der Waals surface area contributed by atoms with Crippen LogP contribution in [-0.2, 0) is 4.74 Å². The van der Waals surface area contributed by atoms with Crippen LogP contribution in [0.1, 0.15) is 17.3 Å². The van der Waals surface area contributed by atoms with Gasteiger partial charge in [0.15, 0.2) is 0 Å². The second kappa shape index (κ2) is 5.84. The van der Waals surface area contributed by atoms with Gasteiger partial charge in [0.25, 0.3) is 0 Å². The van der Waals surface area contributed by atoms with Crippen molar-refractivity contribution in [1.82, 2.24) is 4.48 Å². The van der Waals surface area contributed by atoms with Crippen LogP contribution in [0, 0.1) is 0 Å². The van der Waals surface area contributed by atoms with Gasteiger partial charge in [-0.25, -0.2) is 4.79 Å². The zero-order valence-corrected chi connectivity index (χ0v) is 11.1. The third-order valence-electron chi connectivity index (χ3n) is 3.04. The van der Waals surface area contributed by atoms with E-state index in [0.29, 0.717) is 4.48 Å². The Balaban J connectivity index is 2.96. The number of rotatable bonds is 5. The molecule has 0 aromatic heterocycles. The number of carbonyl (C=O) groups is 1. The molecule has 0 aliphatic heterocycles. The largest absolute Gasteiger partial charge is 0.507 e. The summed E-state index contributed by atoms with van der Waals surface area (Å²) >= 11 is 0. The molecular formula is C13H21N2O3+. The normalized spacial score (nSPS) is 11.3. The van der Waals surface area contributed by atoms with E-state index in [1.54, 1.807) is 12.1 Å². The third kappa shape index (κ3) is 3.21. The molecule has 0 aliphatic rings. The summed E-state index contributed by atoms with van der Waals surface area (Å²) in [6, 6.07) is 5.00. The molecule has 100 valence electrons. The van der Waals surface area contributed by atoms with Crippen molar-refractivity contribution < 1.29 is 14.6 Å². The maximum atomic E-state index is 11.6. The van der Waals surface area contributed by atoms with Gasteiger partial charge in [-0.3, -0.25) is 4.48 Å². The highest BCUT2D eigenvalue weighted by Crippen LogP contribution is 2.27. The Hall–Kier alpha value is -1.59. The standard InChI is InChI=1S/C13H20N2O3/c1-4-15(2,3)10-5-6-11(12(16)9-10)13(17)18-8-7-14/h5-6,9H,4,7-8,14H2,1-3H3/p+1. The van der Waals surface area contributed by atoms with E-state index >= 15 is 0 Å². The molecular weight excluding hydrogens is 232 g/mol. The van der Waals surface area contributed by atoms with Crippen LogP contribution < -0.4 is 10.2 Å². The minimum absolute atomic E-state index is 0.0610. The van der Waals surface area contributed by atoms with Gasteiger partial charge in [-0.05, 0) is 13.0 Å². The number of nitrogens with two attached hydrogens (primary N) is 1. The van der Waals surface area contributed by atoms with Gasteiger partial charge in [-0.2, -0.15) is 0 Å². The van der Waals surface area contributed by atoms with Crippen LogP contribution >= 0.6 is 0 Å². The smallest absolute Gasteiger partial charge is 0.341 e. The first-order valence-electron chi connectivity index (χ1n) is 5.96. The number of hydrogen-bond acceptors (Lipinski definition) is 4.